The zero-order chi connectivity index (χ0) is 36.1. The predicted molar refractivity (Wildman–Crippen MR) is 198 cm³/mol. The number of ether oxygens (including phenoxy) is 5. The minimum Gasteiger partial charge on any atom is -0.493 e. The number of benzene rings is 3. The molecular weight excluding hydrogens is 792 g/mol. The monoisotopic (exact) mass is 826 g/mol. The molecule has 0 saturated heterocycles. The smallest absolute Gasteiger partial charge is 0.338 e. The summed E-state index contributed by atoms with van der Waals surface area (Å²) in [5, 5.41) is 0. The summed E-state index contributed by atoms with van der Waals surface area (Å²) in [6.45, 7) is 9.82. The van der Waals surface area contributed by atoms with Crippen molar-refractivity contribution >= 4 is 61.2 Å². The van der Waals surface area contributed by atoms with Crippen molar-refractivity contribution in [2.24, 2.45) is 4.99 Å². The molecule has 4 aromatic rings. The molecule has 262 valence electrons. The van der Waals surface area contributed by atoms with Gasteiger partial charge in [-0.25, -0.2) is 14.6 Å². The molecule has 1 aliphatic rings. The van der Waals surface area contributed by atoms with Crippen LogP contribution >= 0.6 is 43.2 Å². The van der Waals surface area contributed by atoms with Crippen LogP contribution in [0.1, 0.15) is 67.7 Å². The molecule has 3 aromatic carbocycles. The minimum absolute atomic E-state index is 0.0816. The Labute approximate surface area is 310 Å². The molecule has 10 nitrogen and oxygen atoms in total. The lowest BCUT2D eigenvalue weighted by Gasteiger charge is -2.25. The molecule has 0 spiro atoms. The largest absolute Gasteiger partial charge is 0.493 e. The maximum absolute atomic E-state index is 14.2. The van der Waals surface area contributed by atoms with Crippen molar-refractivity contribution < 1.29 is 33.3 Å². The van der Waals surface area contributed by atoms with Gasteiger partial charge in [-0.15, -0.1) is 0 Å². The van der Waals surface area contributed by atoms with Crippen molar-refractivity contribution in [2.75, 3.05) is 20.3 Å². The van der Waals surface area contributed by atoms with E-state index in [1.165, 1.54) is 15.9 Å². The summed E-state index contributed by atoms with van der Waals surface area (Å²) in [6.07, 6.45) is 1.69. The van der Waals surface area contributed by atoms with Crippen molar-refractivity contribution in [3.63, 3.8) is 0 Å². The lowest BCUT2D eigenvalue weighted by atomic mass is 9.95. The van der Waals surface area contributed by atoms with Gasteiger partial charge in [0, 0.05) is 0 Å². The van der Waals surface area contributed by atoms with Gasteiger partial charge in [0.15, 0.2) is 16.3 Å². The highest BCUT2D eigenvalue weighted by Gasteiger charge is 2.34. The third-order valence-electron chi connectivity index (χ3n) is 7.55. The highest BCUT2D eigenvalue weighted by atomic mass is 79.9. The summed E-state index contributed by atoms with van der Waals surface area (Å²) in [5.74, 6) is 0.679. The van der Waals surface area contributed by atoms with Crippen LogP contribution in [0.5, 0.6) is 17.2 Å². The number of fused-ring (bicyclic) bond motifs is 1. The molecule has 0 N–H and O–H groups in total. The highest BCUT2D eigenvalue weighted by molar-refractivity contribution is 9.11. The predicted octanol–water partition coefficient (Wildman–Crippen LogP) is 6.87. The van der Waals surface area contributed by atoms with Gasteiger partial charge in [0.2, 0.25) is 0 Å². The van der Waals surface area contributed by atoms with E-state index in [9.17, 15) is 14.4 Å². The summed E-state index contributed by atoms with van der Waals surface area (Å²) in [7, 11) is 1.54. The Morgan fingerprint density at radius 3 is 2.24 bits per heavy atom. The van der Waals surface area contributed by atoms with Crippen molar-refractivity contribution in [1.82, 2.24) is 4.57 Å². The Kier molecular flexibility index (Phi) is 12.0. The highest BCUT2D eigenvalue weighted by Crippen LogP contribution is 2.37. The number of carbonyl (C=O) groups excluding carboxylic acids is 2. The first-order valence-electron chi connectivity index (χ1n) is 15.9. The summed E-state index contributed by atoms with van der Waals surface area (Å²) >= 11 is 8.46. The average Bonchev–Trinajstić information content (AvgIpc) is 3.37. The van der Waals surface area contributed by atoms with Gasteiger partial charge in [-0.1, -0.05) is 29.5 Å². The van der Waals surface area contributed by atoms with E-state index in [2.05, 4.69) is 36.9 Å². The maximum Gasteiger partial charge on any atom is 0.338 e. The van der Waals surface area contributed by atoms with E-state index in [1.807, 2.05) is 44.2 Å². The van der Waals surface area contributed by atoms with Gasteiger partial charge in [-0.2, -0.15) is 0 Å². The number of thiazole rings is 1. The van der Waals surface area contributed by atoms with E-state index < -0.39 is 12.0 Å². The van der Waals surface area contributed by atoms with Gasteiger partial charge < -0.3 is 23.7 Å². The third-order valence-corrected chi connectivity index (χ3v) is 9.71. The van der Waals surface area contributed by atoms with Gasteiger partial charge in [-0.3, -0.25) is 9.36 Å². The lowest BCUT2D eigenvalue weighted by Crippen LogP contribution is -2.40. The molecule has 0 unspecified atom stereocenters. The second-order valence-corrected chi connectivity index (χ2v) is 14.1. The normalized spacial score (nSPS) is 14.3. The molecule has 0 fully saturated rings. The molecule has 5 rings (SSSR count). The van der Waals surface area contributed by atoms with E-state index in [0.29, 0.717) is 59.0 Å². The van der Waals surface area contributed by atoms with Crippen LogP contribution < -0.4 is 29.1 Å². The van der Waals surface area contributed by atoms with Gasteiger partial charge in [-0.05, 0) is 126 Å². The van der Waals surface area contributed by atoms with E-state index in [4.69, 9.17) is 23.7 Å². The van der Waals surface area contributed by atoms with E-state index in [1.54, 1.807) is 58.2 Å². The summed E-state index contributed by atoms with van der Waals surface area (Å²) in [6, 6.07) is 15.3. The fourth-order valence-corrected chi connectivity index (χ4v) is 7.87. The van der Waals surface area contributed by atoms with Gasteiger partial charge >= 0.3 is 11.9 Å². The molecular formula is C37H36Br2N2O8S. The van der Waals surface area contributed by atoms with Crippen molar-refractivity contribution in [2.45, 2.75) is 53.4 Å². The molecule has 0 radical (unpaired) electrons. The molecule has 1 aromatic heterocycles. The zero-order valence-electron chi connectivity index (χ0n) is 28.4. The molecule has 2 heterocycles. The number of allylic oxidation sites excluding steroid dienone is 1. The Morgan fingerprint density at radius 1 is 0.960 bits per heavy atom. The second-order valence-electron chi connectivity index (χ2n) is 11.4. The van der Waals surface area contributed by atoms with Crippen molar-refractivity contribution in [3.05, 3.63) is 117 Å². The van der Waals surface area contributed by atoms with Gasteiger partial charge in [0.25, 0.3) is 5.56 Å². The SMILES string of the molecule is CCOC(=O)C1=C(C)N=c2s/c(=C/c3cc(Br)c(OCc4ccc(C(=O)OCC)cc4)c(Br)c3)c(=O)n2[C@@H]1c1ccc(OC(C)C)c(OC)c1. The molecule has 1 aliphatic heterocycles. The lowest BCUT2D eigenvalue weighted by molar-refractivity contribution is -0.139. The Balaban J connectivity index is 1.50. The molecule has 0 amide bonds. The summed E-state index contributed by atoms with van der Waals surface area (Å²) < 4.78 is 31.4. The van der Waals surface area contributed by atoms with Crippen LogP contribution in [-0.2, 0) is 20.9 Å². The number of hydrogen-bond donors (Lipinski definition) is 0. The number of rotatable bonds is 12. The minimum atomic E-state index is -0.810. The Morgan fingerprint density at radius 2 is 1.62 bits per heavy atom. The average molecular weight is 829 g/mol. The molecule has 50 heavy (non-hydrogen) atoms. The molecule has 13 heteroatoms. The summed E-state index contributed by atoms with van der Waals surface area (Å²) in [5.41, 5.74) is 3.14. The first-order valence-corrected chi connectivity index (χ1v) is 18.3. The summed E-state index contributed by atoms with van der Waals surface area (Å²) in [4.78, 5) is 44.6. The van der Waals surface area contributed by atoms with Gasteiger partial charge in [0.1, 0.15) is 12.4 Å². The maximum atomic E-state index is 14.2. The number of esters is 2. The third kappa shape index (κ3) is 8.06. The first kappa shape index (κ1) is 37.1. The van der Waals surface area contributed by atoms with E-state index >= 15 is 0 Å². The molecule has 0 bridgehead atoms. The van der Waals surface area contributed by atoms with Crippen LogP contribution in [0.15, 0.2) is 84.6 Å². The van der Waals surface area contributed by atoms with E-state index in [0.717, 1.165) is 11.1 Å². The number of hydrogen-bond acceptors (Lipinski definition) is 10. The Bertz CT molecular complexity index is 2110. The second kappa shape index (κ2) is 16.2. The molecule has 0 aliphatic carbocycles. The fraction of sp³-hybridized carbons (Fsp3) is 0.297. The molecule has 1 atom stereocenters. The van der Waals surface area contributed by atoms with Crippen LogP contribution in [-0.4, -0.2) is 42.9 Å². The standard InChI is InChI=1S/C37H36Br2N2O8S/c1-7-46-35(43)24-11-9-22(10-12-24)19-48-33-26(38)15-23(16-27(33)39)17-30-34(42)41-32(25-13-14-28(49-20(3)4)29(18-25)45-6)31(36(44)47-8-2)21(5)40-37(41)50-30/h9-18,20,32H,7-8,19H2,1-6H3/b30-17+/t32-/m1/s1. The van der Waals surface area contributed by atoms with E-state index in [-0.39, 0.29) is 36.4 Å². The number of carbonyl (C=O) groups is 2. The van der Waals surface area contributed by atoms with Crippen LogP contribution in [0.25, 0.3) is 6.08 Å². The van der Waals surface area contributed by atoms with Crippen molar-refractivity contribution in [3.8, 4) is 17.2 Å². The first-order chi connectivity index (χ1) is 23.9. The van der Waals surface area contributed by atoms with Crippen molar-refractivity contribution in [1.29, 1.82) is 0 Å². The van der Waals surface area contributed by atoms with Crippen LogP contribution in [0.3, 0.4) is 0 Å². The Hall–Kier alpha value is -4.20. The molecule has 0 saturated carbocycles. The number of aromatic nitrogens is 1. The number of halogens is 2. The topological polar surface area (TPSA) is 115 Å². The number of methoxy groups -OCH3 is 1. The van der Waals surface area contributed by atoms with Crippen LogP contribution in [0.2, 0.25) is 0 Å². The fourth-order valence-electron chi connectivity index (χ4n) is 5.37. The number of nitrogens with zero attached hydrogens (tertiary/aromatic N) is 2. The van der Waals surface area contributed by atoms with Crippen LogP contribution in [0.4, 0.5) is 0 Å². The van der Waals surface area contributed by atoms with Gasteiger partial charge in [0.05, 0.1) is 62.8 Å². The zero-order valence-corrected chi connectivity index (χ0v) is 32.4. The van der Waals surface area contributed by atoms with Crippen LogP contribution in [0, 0.1) is 0 Å². The quantitative estimate of drug-likeness (QED) is 0.142.